The number of nitrogens with zero attached hydrogens (tertiary/aromatic N) is 1. The minimum atomic E-state index is -0.655. The molecule has 1 fully saturated rings. The Morgan fingerprint density at radius 2 is 1.73 bits per heavy atom. The first kappa shape index (κ1) is 23.8. The third-order valence-electron chi connectivity index (χ3n) is 5.65. The highest BCUT2D eigenvalue weighted by molar-refractivity contribution is 7.09. The second-order valence-electron chi connectivity index (χ2n) is 8.17. The topological polar surface area (TPSA) is 61.4 Å². The second-order valence-corrected chi connectivity index (χ2v) is 10.1. The lowest BCUT2D eigenvalue weighted by atomic mass is 10.1. The standard InChI is InChI=1S/C25H25Cl2N3O2S/c26-19-7-3-17(4-8-19)15-30-12-11-21(16-30)28-25(32)23(14-22-2-1-13-33-22)29-24(31)18-5-9-20(27)10-6-18/h1-10,13,21,23H,11-12,14-16H2,(H,28,32)(H,29,31)/t21-,23+/m1/s1. The highest BCUT2D eigenvalue weighted by Gasteiger charge is 2.28. The van der Waals surface area contributed by atoms with Crippen molar-refractivity contribution >= 4 is 46.4 Å². The Bertz CT molecular complexity index is 1070. The molecule has 8 heteroatoms. The van der Waals surface area contributed by atoms with E-state index in [-0.39, 0.29) is 17.9 Å². The van der Waals surface area contributed by atoms with E-state index in [0.717, 1.165) is 36.0 Å². The number of likely N-dealkylation sites (tertiary alicyclic amines) is 1. The van der Waals surface area contributed by atoms with E-state index < -0.39 is 6.04 Å². The van der Waals surface area contributed by atoms with Gasteiger partial charge in [-0.15, -0.1) is 11.3 Å². The molecular weight excluding hydrogens is 477 g/mol. The van der Waals surface area contributed by atoms with Gasteiger partial charge >= 0.3 is 0 Å². The zero-order valence-corrected chi connectivity index (χ0v) is 20.3. The predicted octanol–water partition coefficient (Wildman–Crippen LogP) is 4.79. The van der Waals surface area contributed by atoms with E-state index in [2.05, 4.69) is 15.5 Å². The van der Waals surface area contributed by atoms with Crippen LogP contribution in [0.1, 0.15) is 27.2 Å². The number of amides is 2. The molecule has 0 unspecified atom stereocenters. The SMILES string of the molecule is O=C(N[C@@H](Cc1cccs1)C(=O)N[C@@H]1CCN(Cc2ccc(Cl)cc2)C1)c1ccc(Cl)cc1. The molecule has 0 bridgehead atoms. The van der Waals surface area contributed by atoms with Crippen LogP contribution in [0, 0.1) is 0 Å². The average Bonchev–Trinajstić information content (AvgIpc) is 3.47. The van der Waals surface area contributed by atoms with Gasteiger partial charge in [-0.1, -0.05) is 41.4 Å². The van der Waals surface area contributed by atoms with Crippen molar-refractivity contribution in [3.8, 4) is 0 Å². The van der Waals surface area contributed by atoms with Crippen molar-refractivity contribution in [3.05, 3.63) is 92.1 Å². The van der Waals surface area contributed by atoms with Crippen LogP contribution in [0.2, 0.25) is 10.0 Å². The summed E-state index contributed by atoms with van der Waals surface area (Å²) < 4.78 is 0. The molecular formula is C25H25Cl2N3O2S. The van der Waals surface area contributed by atoms with Crippen molar-refractivity contribution in [2.24, 2.45) is 0 Å². The summed E-state index contributed by atoms with van der Waals surface area (Å²) in [5, 5.41) is 9.31. The van der Waals surface area contributed by atoms with Gasteiger partial charge in [-0.05, 0) is 59.8 Å². The third kappa shape index (κ3) is 6.81. The number of carbonyl (C=O) groups is 2. The lowest BCUT2D eigenvalue weighted by Gasteiger charge is -2.21. The number of hydrogen-bond donors (Lipinski definition) is 2. The summed E-state index contributed by atoms with van der Waals surface area (Å²) in [5.74, 6) is -0.455. The number of thiophene rings is 1. The first-order chi connectivity index (χ1) is 16.0. The van der Waals surface area contributed by atoms with Crippen LogP contribution in [0.5, 0.6) is 0 Å². The van der Waals surface area contributed by atoms with E-state index in [1.54, 1.807) is 35.6 Å². The number of rotatable bonds is 8. The Morgan fingerprint density at radius 1 is 1.03 bits per heavy atom. The van der Waals surface area contributed by atoms with Gasteiger partial charge in [0.25, 0.3) is 5.91 Å². The fraction of sp³-hybridized carbons (Fsp3) is 0.280. The Kier molecular flexibility index (Phi) is 8.04. The maximum Gasteiger partial charge on any atom is 0.251 e. The van der Waals surface area contributed by atoms with Gasteiger partial charge in [0.15, 0.2) is 0 Å². The summed E-state index contributed by atoms with van der Waals surface area (Å²) in [6.07, 6.45) is 1.32. The van der Waals surface area contributed by atoms with Gasteiger partial charge in [0, 0.05) is 52.6 Å². The molecule has 5 nitrogen and oxygen atoms in total. The molecule has 3 aromatic rings. The van der Waals surface area contributed by atoms with E-state index in [1.165, 1.54) is 5.56 Å². The van der Waals surface area contributed by atoms with Crippen LogP contribution in [0.15, 0.2) is 66.0 Å². The van der Waals surface area contributed by atoms with Gasteiger partial charge in [-0.25, -0.2) is 0 Å². The van der Waals surface area contributed by atoms with Crippen LogP contribution in [-0.2, 0) is 17.8 Å². The van der Waals surface area contributed by atoms with Crippen molar-refractivity contribution in [2.45, 2.75) is 31.5 Å². The Balaban J connectivity index is 1.37. The van der Waals surface area contributed by atoms with Crippen LogP contribution >= 0.6 is 34.5 Å². The smallest absolute Gasteiger partial charge is 0.251 e. The fourth-order valence-corrected chi connectivity index (χ4v) is 4.93. The summed E-state index contributed by atoms with van der Waals surface area (Å²) in [5.41, 5.74) is 1.66. The number of halogens is 2. The first-order valence-corrected chi connectivity index (χ1v) is 12.5. The van der Waals surface area contributed by atoms with Crippen LogP contribution in [0.4, 0.5) is 0 Å². The molecule has 2 heterocycles. The monoisotopic (exact) mass is 501 g/mol. The largest absolute Gasteiger partial charge is 0.350 e. The second kappa shape index (κ2) is 11.2. The van der Waals surface area contributed by atoms with Crippen LogP contribution < -0.4 is 10.6 Å². The summed E-state index contributed by atoms with van der Waals surface area (Å²) >= 11 is 13.5. The van der Waals surface area contributed by atoms with Gasteiger partial charge in [0.2, 0.25) is 5.91 Å². The number of benzene rings is 2. The minimum absolute atomic E-state index is 0.0445. The fourth-order valence-electron chi connectivity index (χ4n) is 3.93. The Morgan fingerprint density at radius 3 is 2.39 bits per heavy atom. The molecule has 0 aliphatic carbocycles. The molecule has 172 valence electrons. The van der Waals surface area contributed by atoms with E-state index >= 15 is 0 Å². The van der Waals surface area contributed by atoms with Crippen LogP contribution in [0.25, 0.3) is 0 Å². The molecule has 2 atom stereocenters. The molecule has 4 rings (SSSR count). The van der Waals surface area contributed by atoms with Crippen molar-refractivity contribution in [1.82, 2.24) is 15.5 Å². The van der Waals surface area contributed by atoms with E-state index in [4.69, 9.17) is 23.2 Å². The molecule has 1 aromatic heterocycles. The molecule has 1 aliphatic rings. The lowest BCUT2D eigenvalue weighted by molar-refractivity contribution is -0.123. The quantitative estimate of drug-likeness (QED) is 0.466. The van der Waals surface area contributed by atoms with Gasteiger partial charge in [0.05, 0.1) is 0 Å². The van der Waals surface area contributed by atoms with Gasteiger partial charge in [-0.2, -0.15) is 0 Å². The van der Waals surface area contributed by atoms with Gasteiger partial charge < -0.3 is 10.6 Å². The minimum Gasteiger partial charge on any atom is -0.350 e. The van der Waals surface area contributed by atoms with E-state index in [1.807, 2.05) is 41.8 Å². The third-order valence-corrected chi connectivity index (χ3v) is 7.05. The summed E-state index contributed by atoms with van der Waals surface area (Å²) in [6.45, 7) is 2.49. The van der Waals surface area contributed by atoms with Gasteiger partial charge in [-0.3, -0.25) is 14.5 Å². The van der Waals surface area contributed by atoms with Crippen LogP contribution in [-0.4, -0.2) is 41.9 Å². The maximum absolute atomic E-state index is 13.2. The molecule has 2 aromatic carbocycles. The van der Waals surface area contributed by atoms with Gasteiger partial charge in [0.1, 0.15) is 6.04 Å². The molecule has 2 amide bonds. The Hall–Kier alpha value is -2.38. The molecule has 1 aliphatic heterocycles. The molecule has 0 radical (unpaired) electrons. The number of carbonyl (C=O) groups excluding carboxylic acids is 2. The van der Waals surface area contributed by atoms with Crippen molar-refractivity contribution < 1.29 is 9.59 Å². The molecule has 1 saturated heterocycles. The normalized spacial score (nSPS) is 17.0. The lowest BCUT2D eigenvalue weighted by Crippen LogP contribution is -2.51. The molecule has 2 N–H and O–H groups in total. The predicted molar refractivity (Wildman–Crippen MR) is 134 cm³/mol. The van der Waals surface area contributed by atoms with E-state index in [9.17, 15) is 9.59 Å². The van der Waals surface area contributed by atoms with Crippen LogP contribution in [0.3, 0.4) is 0 Å². The van der Waals surface area contributed by atoms with Crippen molar-refractivity contribution in [3.63, 3.8) is 0 Å². The zero-order valence-electron chi connectivity index (χ0n) is 18.0. The van der Waals surface area contributed by atoms with Crippen molar-refractivity contribution in [2.75, 3.05) is 13.1 Å². The maximum atomic E-state index is 13.2. The molecule has 0 spiro atoms. The first-order valence-electron chi connectivity index (χ1n) is 10.8. The summed E-state index contributed by atoms with van der Waals surface area (Å²) in [7, 11) is 0. The summed E-state index contributed by atoms with van der Waals surface area (Å²) in [6, 6.07) is 17.8. The number of hydrogen-bond acceptors (Lipinski definition) is 4. The Labute approximate surface area is 207 Å². The van der Waals surface area contributed by atoms with Crippen molar-refractivity contribution in [1.29, 1.82) is 0 Å². The molecule has 33 heavy (non-hydrogen) atoms. The zero-order chi connectivity index (χ0) is 23.2. The highest BCUT2D eigenvalue weighted by Crippen LogP contribution is 2.17. The van der Waals surface area contributed by atoms with E-state index in [0.29, 0.717) is 17.0 Å². The average molecular weight is 502 g/mol. The summed E-state index contributed by atoms with van der Waals surface area (Å²) in [4.78, 5) is 29.3. The number of nitrogens with one attached hydrogen (secondary N) is 2. The highest BCUT2D eigenvalue weighted by atomic mass is 35.5. The molecule has 0 saturated carbocycles.